The van der Waals surface area contributed by atoms with Crippen molar-refractivity contribution < 1.29 is 14.3 Å². The van der Waals surface area contributed by atoms with Gasteiger partial charge in [0.1, 0.15) is 5.60 Å². The Balaban J connectivity index is 1.89. The first kappa shape index (κ1) is 20.8. The summed E-state index contributed by atoms with van der Waals surface area (Å²) in [7, 11) is 0. The highest BCUT2D eigenvalue weighted by Gasteiger charge is 2.30. The van der Waals surface area contributed by atoms with Crippen molar-refractivity contribution >= 4 is 12.1 Å². The number of carbonyl (C=O) groups excluding carboxylic acids is 1. The van der Waals surface area contributed by atoms with E-state index in [1.807, 2.05) is 25.7 Å². The molecule has 150 valence electrons. The summed E-state index contributed by atoms with van der Waals surface area (Å²) in [4.78, 5) is 19.0. The van der Waals surface area contributed by atoms with Crippen LogP contribution in [0, 0.1) is 0 Å². The molecule has 0 aromatic heterocycles. The molecule has 0 spiro atoms. The van der Waals surface area contributed by atoms with Gasteiger partial charge >= 0.3 is 6.09 Å². The third kappa shape index (κ3) is 7.02. The molecular weight excluding hydrogens is 332 g/mol. The van der Waals surface area contributed by atoms with Crippen molar-refractivity contribution in [1.82, 2.24) is 15.5 Å². The van der Waals surface area contributed by atoms with Gasteiger partial charge in [0.2, 0.25) is 0 Å². The van der Waals surface area contributed by atoms with E-state index in [-0.39, 0.29) is 18.2 Å². The van der Waals surface area contributed by atoms with Crippen molar-refractivity contribution in [2.24, 2.45) is 4.99 Å². The van der Waals surface area contributed by atoms with Gasteiger partial charge in [-0.15, -0.1) is 0 Å². The SMILES string of the molecule is CCNC(=NCC1CCCO1)NCC1CCCCN1C(=O)OC(C)(C)C. The van der Waals surface area contributed by atoms with Gasteiger partial charge in [-0.1, -0.05) is 0 Å². The highest BCUT2D eigenvalue weighted by atomic mass is 16.6. The zero-order valence-corrected chi connectivity index (χ0v) is 16.8. The maximum Gasteiger partial charge on any atom is 0.410 e. The summed E-state index contributed by atoms with van der Waals surface area (Å²) >= 11 is 0. The summed E-state index contributed by atoms with van der Waals surface area (Å²) in [6.07, 6.45) is 5.37. The van der Waals surface area contributed by atoms with Gasteiger partial charge in [-0.2, -0.15) is 0 Å². The maximum atomic E-state index is 12.5. The molecule has 0 aromatic rings. The van der Waals surface area contributed by atoms with E-state index in [4.69, 9.17) is 9.47 Å². The minimum absolute atomic E-state index is 0.130. The first-order valence-corrected chi connectivity index (χ1v) is 10.0. The number of nitrogens with one attached hydrogen (secondary N) is 2. The summed E-state index contributed by atoms with van der Waals surface area (Å²) in [5.41, 5.74) is -0.468. The van der Waals surface area contributed by atoms with E-state index in [9.17, 15) is 4.79 Å². The number of hydrogen-bond donors (Lipinski definition) is 2. The van der Waals surface area contributed by atoms with E-state index >= 15 is 0 Å². The number of nitrogens with zero attached hydrogens (tertiary/aromatic N) is 2. The molecule has 2 atom stereocenters. The number of carbonyl (C=O) groups is 1. The standard InChI is InChI=1S/C19H36N4O3/c1-5-20-17(22-14-16-10-8-12-25-16)21-13-15-9-6-7-11-23(15)18(24)26-19(2,3)4/h15-16H,5-14H2,1-4H3,(H2,20,21,22). The molecule has 7 heteroatoms. The molecule has 0 bridgehead atoms. The maximum absolute atomic E-state index is 12.5. The molecule has 26 heavy (non-hydrogen) atoms. The molecule has 0 aliphatic carbocycles. The predicted octanol–water partition coefficient (Wildman–Crippen LogP) is 2.51. The van der Waals surface area contributed by atoms with Gasteiger partial charge < -0.3 is 25.0 Å². The van der Waals surface area contributed by atoms with Gasteiger partial charge in [0.25, 0.3) is 0 Å². The molecule has 2 aliphatic heterocycles. The molecule has 2 aliphatic rings. The molecule has 2 fully saturated rings. The van der Waals surface area contributed by atoms with Crippen LogP contribution in [0.3, 0.4) is 0 Å². The lowest BCUT2D eigenvalue weighted by Crippen LogP contribution is -2.52. The molecular formula is C19H36N4O3. The van der Waals surface area contributed by atoms with Crippen molar-refractivity contribution in [3.05, 3.63) is 0 Å². The lowest BCUT2D eigenvalue weighted by atomic mass is 10.0. The molecule has 2 unspecified atom stereocenters. The van der Waals surface area contributed by atoms with E-state index < -0.39 is 5.60 Å². The topological polar surface area (TPSA) is 75.2 Å². The highest BCUT2D eigenvalue weighted by molar-refractivity contribution is 5.79. The van der Waals surface area contributed by atoms with Crippen LogP contribution in [-0.2, 0) is 9.47 Å². The van der Waals surface area contributed by atoms with Crippen molar-refractivity contribution in [1.29, 1.82) is 0 Å². The zero-order chi connectivity index (χ0) is 19.0. The molecule has 1 amide bonds. The number of rotatable bonds is 5. The Labute approximate surface area is 157 Å². The fraction of sp³-hybridized carbons (Fsp3) is 0.895. The van der Waals surface area contributed by atoms with Gasteiger partial charge in [0, 0.05) is 26.2 Å². The van der Waals surface area contributed by atoms with Crippen LogP contribution in [0.1, 0.15) is 59.8 Å². The second-order valence-electron chi connectivity index (χ2n) is 8.06. The second-order valence-corrected chi connectivity index (χ2v) is 8.06. The average molecular weight is 369 g/mol. The van der Waals surface area contributed by atoms with Crippen molar-refractivity contribution in [3.8, 4) is 0 Å². The van der Waals surface area contributed by atoms with Crippen LogP contribution in [0.25, 0.3) is 0 Å². The van der Waals surface area contributed by atoms with Crippen LogP contribution < -0.4 is 10.6 Å². The number of aliphatic imine (C=N–C) groups is 1. The van der Waals surface area contributed by atoms with Crippen molar-refractivity contribution in [2.75, 3.05) is 32.8 Å². The van der Waals surface area contributed by atoms with Crippen molar-refractivity contribution in [2.45, 2.75) is 77.5 Å². The first-order valence-electron chi connectivity index (χ1n) is 10.0. The van der Waals surface area contributed by atoms with E-state index in [1.165, 1.54) is 0 Å². The van der Waals surface area contributed by atoms with Crippen LogP contribution in [0.4, 0.5) is 4.79 Å². The molecule has 2 saturated heterocycles. The Morgan fingerprint density at radius 3 is 2.69 bits per heavy atom. The van der Waals surface area contributed by atoms with Gasteiger partial charge in [-0.05, 0) is 59.8 Å². The summed E-state index contributed by atoms with van der Waals surface area (Å²) in [6, 6.07) is 0.130. The van der Waals surface area contributed by atoms with E-state index in [2.05, 4.69) is 22.5 Å². The Morgan fingerprint density at radius 2 is 2.04 bits per heavy atom. The Kier molecular flexibility index (Phi) is 8.00. The molecule has 2 N–H and O–H groups in total. The fourth-order valence-electron chi connectivity index (χ4n) is 3.31. The number of likely N-dealkylation sites (tertiary alicyclic amines) is 1. The quantitative estimate of drug-likeness (QED) is 0.576. The molecule has 0 saturated carbocycles. The van der Waals surface area contributed by atoms with Crippen LogP contribution >= 0.6 is 0 Å². The second kappa shape index (κ2) is 10.00. The number of guanidine groups is 1. The summed E-state index contributed by atoms with van der Waals surface area (Å²) in [5.74, 6) is 0.790. The monoisotopic (exact) mass is 368 g/mol. The molecule has 0 aromatic carbocycles. The molecule has 7 nitrogen and oxygen atoms in total. The lowest BCUT2D eigenvalue weighted by Gasteiger charge is -2.37. The van der Waals surface area contributed by atoms with Gasteiger partial charge in [0.15, 0.2) is 5.96 Å². The Bertz CT molecular complexity index is 470. The number of amides is 1. The van der Waals surface area contributed by atoms with Gasteiger partial charge in [-0.3, -0.25) is 4.99 Å². The van der Waals surface area contributed by atoms with Crippen LogP contribution in [0.2, 0.25) is 0 Å². The average Bonchev–Trinajstić information content (AvgIpc) is 3.09. The van der Waals surface area contributed by atoms with E-state index in [0.29, 0.717) is 13.1 Å². The number of hydrogen-bond acceptors (Lipinski definition) is 4. The Hall–Kier alpha value is -1.50. The van der Waals surface area contributed by atoms with E-state index in [0.717, 1.165) is 57.8 Å². The molecule has 2 rings (SSSR count). The third-order valence-electron chi connectivity index (χ3n) is 4.58. The van der Waals surface area contributed by atoms with E-state index in [1.54, 1.807) is 0 Å². The zero-order valence-electron chi connectivity index (χ0n) is 16.8. The van der Waals surface area contributed by atoms with Gasteiger partial charge in [-0.25, -0.2) is 4.79 Å². The fourth-order valence-corrected chi connectivity index (χ4v) is 3.31. The minimum Gasteiger partial charge on any atom is -0.444 e. The normalized spacial score (nSPS) is 24.5. The van der Waals surface area contributed by atoms with Crippen LogP contribution in [-0.4, -0.2) is 67.5 Å². The van der Waals surface area contributed by atoms with Crippen molar-refractivity contribution in [3.63, 3.8) is 0 Å². The summed E-state index contributed by atoms with van der Waals surface area (Å²) < 4.78 is 11.2. The summed E-state index contributed by atoms with van der Waals surface area (Å²) in [5, 5.41) is 6.67. The molecule has 2 heterocycles. The Morgan fingerprint density at radius 1 is 1.23 bits per heavy atom. The first-order chi connectivity index (χ1) is 12.4. The van der Waals surface area contributed by atoms with Gasteiger partial charge in [0.05, 0.1) is 18.7 Å². The third-order valence-corrected chi connectivity index (χ3v) is 4.58. The number of ether oxygens (including phenoxy) is 2. The molecule has 0 radical (unpaired) electrons. The largest absolute Gasteiger partial charge is 0.444 e. The lowest BCUT2D eigenvalue weighted by molar-refractivity contribution is 0.0104. The summed E-state index contributed by atoms with van der Waals surface area (Å²) in [6.45, 7) is 11.5. The number of piperidine rings is 1. The van der Waals surface area contributed by atoms with Crippen LogP contribution in [0.5, 0.6) is 0 Å². The minimum atomic E-state index is -0.468. The predicted molar refractivity (Wildman–Crippen MR) is 104 cm³/mol. The highest BCUT2D eigenvalue weighted by Crippen LogP contribution is 2.20. The van der Waals surface area contributed by atoms with Crippen LogP contribution in [0.15, 0.2) is 4.99 Å². The smallest absolute Gasteiger partial charge is 0.410 e.